The van der Waals surface area contributed by atoms with Gasteiger partial charge in [-0.1, -0.05) is 6.92 Å². The molecule has 4 nitrogen and oxygen atoms in total. The standard InChI is InChI=1S/C16H21F3N2O2/c1-12-3-2-8-21(11-12)9-10-23-14-6-4-13(5-7-14)20-15(22)16(17,18)19/h4-7,12H,2-3,8-11H2,1H3,(H,20,22). The summed E-state index contributed by atoms with van der Waals surface area (Å²) in [5, 5.41) is 1.79. The van der Waals surface area contributed by atoms with E-state index in [1.807, 2.05) is 0 Å². The van der Waals surface area contributed by atoms with Gasteiger partial charge in [0.15, 0.2) is 0 Å². The van der Waals surface area contributed by atoms with Crippen LogP contribution in [0.2, 0.25) is 0 Å². The maximum Gasteiger partial charge on any atom is 0.471 e. The van der Waals surface area contributed by atoms with Crippen LogP contribution in [-0.2, 0) is 4.79 Å². The van der Waals surface area contributed by atoms with Crippen molar-refractivity contribution in [2.75, 3.05) is 31.6 Å². The van der Waals surface area contributed by atoms with E-state index in [0.29, 0.717) is 18.3 Å². The molecule has 1 unspecified atom stereocenters. The summed E-state index contributed by atoms with van der Waals surface area (Å²) in [6.45, 7) is 5.75. The number of ether oxygens (including phenoxy) is 1. The first-order valence-electron chi connectivity index (χ1n) is 7.68. The molecule has 1 aliphatic heterocycles. The lowest BCUT2D eigenvalue weighted by Crippen LogP contribution is -2.37. The van der Waals surface area contributed by atoms with Crippen LogP contribution in [-0.4, -0.2) is 43.2 Å². The summed E-state index contributed by atoms with van der Waals surface area (Å²) in [5.41, 5.74) is 0.0875. The molecule has 1 saturated heterocycles. The second-order valence-corrected chi connectivity index (χ2v) is 5.87. The number of likely N-dealkylation sites (tertiary alicyclic amines) is 1. The molecule has 1 N–H and O–H groups in total. The second kappa shape index (κ2) is 7.68. The lowest BCUT2D eigenvalue weighted by atomic mass is 10.0. The van der Waals surface area contributed by atoms with Crippen LogP contribution < -0.4 is 10.1 Å². The van der Waals surface area contributed by atoms with E-state index < -0.39 is 12.1 Å². The lowest BCUT2D eigenvalue weighted by Gasteiger charge is -2.30. The fraction of sp³-hybridized carbons (Fsp3) is 0.562. The highest BCUT2D eigenvalue weighted by atomic mass is 19.4. The first kappa shape index (κ1) is 17.6. The van der Waals surface area contributed by atoms with Gasteiger partial charge in [-0.2, -0.15) is 13.2 Å². The minimum absolute atomic E-state index is 0.0875. The molecule has 1 amide bonds. The van der Waals surface area contributed by atoms with Crippen LogP contribution >= 0.6 is 0 Å². The van der Waals surface area contributed by atoms with Gasteiger partial charge in [-0.25, -0.2) is 0 Å². The molecule has 7 heteroatoms. The molecule has 23 heavy (non-hydrogen) atoms. The highest BCUT2D eigenvalue weighted by Gasteiger charge is 2.38. The zero-order valence-electron chi connectivity index (χ0n) is 13.0. The molecule has 2 rings (SSSR count). The molecule has 1 fully saturated rings. The number of anilines is 1. The van der Waals surface area contributed by atoms with E-state index in [1.165, 1.54) is 25.0 Å². The van der Waals surface area contributed by atoms with Gasteiger partial charge in [0, 0.05) is 18.8 Å². The highest BCUT2D eigenvalue weighted by Crippen LogP contribution is 2.20. The molecule has 0 bridgehead atoms. The number of carbonyl (C=O) groups is 1. The van der Waals surface area contributed by atoms with Gasteiger partial charge >= 0.3 is 12.1 Å². The molecule has 0 aromatic heterocycles. The number of nitrogens with zero attached hydrogens (tertiary/aromatic N) is 1. The van der Waals surface area contributed by atoms with Crippen molar-refractivity contribution < 1.29 is 22.7 Å². The summed E-state index contributed by atoms with van der Waals surface area (Å²) >= 11 is 0. The van der Waals surface area contributed by atoms with Crippen molar-refractivity contribution in [2.45, 2.75) is 25.9 Å². The third kappa shape index (κ3) is 5.74. The number of benzene rings is 1. The maximum atomic E-state index is 12.1. The van der Waals surface area contributed by atoms with Crippen molar-refractivity contribution in [1.82, 2.24) is 4.90 Å². The van der Waals surface area contributed by atoms with E-state index in [-0.39, 0.29) is 5.69 Å². The van der Waals surface area contributed by atoms with Crippen molar-refractivity contribution in [3.8, 4) is 5.75 Å². The molecule has 0 aliphatic carbocycles. The smallest absolute Gasteiger partial charge is 0.471 e. The van der Waals surface area contributed by atoms with Crippen molar-refractivity contribution in [2.24, 2.45) is 5.92 Å². The zero-order chi connectivity index (χ0) is 16.9. The molecule has 1 aliphatic rings. The first-order valence-corrected chi connectivity index (χ1v) is 7.68. The average molecular weight is 330 g/mol. The number of hydrogen-bond donors (Lipinski definition) is 1. The van der Waals surface area contributed by atoms with Gasteiger partial charge < -0.3 is 10.1 Å². The van der Waals surface area contributed by atoms with Crippen LogP contribution in [0.1, 0.15) is 19.8 Å². The van der Waals surface area contributed by atoms with Gasteiger partial charge in [0.1, 0.15) is 12.4 Å². The van der Waals surface area contributed by atoms with Crippen LogP contribution in [0.15, 0.2) is 24.3 Å². The summed E-state index contributed by atoms with van der Waals surface area (Å²) in [6.07, 6.45) is -2.42. The quantitative estimate of drug-likeness (QED) is 0.901. The Morgan fingerprint density at radius 3 is 2.65 bits per heavy atom. The average Bonchev–Trinajstić information content (AvgIpc) is 2.48. The van der Waals surface area contributed by atoms with Gasteiger partial charge in [-0.15, -0.1) is 0 Å². The molecule has 0 radical (unpaired) electrons. The monoisotopic (exact) mass is 330 g/mol. The van der Waals surface area contributed by atoms with Gasteiger partial charge in [-0.05, 0) is 49.6 Å². The fourth-order valence-corrected chi connectivity index (χ4v) is 2.62. The van der Waals surface area contributed by atoms with E-state index in [2.05, 4.69) is 11.8 Å². The predicted molar refractivity (Wildman–Crippen MR) is 81.5 cm³/mol. The summed E-state index contributed by atoms with van der Waals surface area (Å²) < 4.78 is 42.0. The van der Waals surface area contributed by atoms with Gasteiger partial charge in [0.2, 0.25) is 0 Å². The Hall–Kier alpha value is -1.76. The van der Waals surface area contributed by atoms with Gasteiger partial charge in [0.25, 0.3) is 0 Å². The zero-order valence-corrected chi connectivity index (χ0v) is 13.0. The number of carbonyl (C=O) groups excluding carboxylic acids is 1. The molecule has 128 valence electrons. The van der Waals surface area contributed by atoms with Crippen molar-refractivity contribution >= 4 is 11.6 Å². The number of amides is 1. The largest absolute Gasteiger partial charge is 0.492 e. The normalized spacial score (nSPS) is 19.4. The number of halogens is 3. The summed E-state index contributed by atoms with van der Waals surface area (Å²) in [6, 6.07) is 5.87. The Morgan fingerprint density at radius 2 is 2.04 bits per heavy atom. The number of nitrogens with one attached hydrogen (secondary N) is 1. The third-order valence-electron chi connectivity index (χ3n) is 3.79. The molecular formula is C16H21F3N2O2. The van der Waals surface area contributed by atoms with Crippen LogP contribution in [0.5, 0.6) is 5.75 Å². The van der Waals surface area contributed by atoms with E-state index in [0.717, 1.165) is 19.6 Å². The Kier molecular flexibility index (Phi) is 5.87. The highest BCUT2D eigenvalue weighted by molar-refractivity contribution is 5.94. The Bertz CT molecular complexity index is 517. The van der Waals surface area contributed by atoms with Crippen LogP contribution in [0.3, 0.4) is 0 Å². The predicted octanol–water partition coefficient (Wildman–Crippen LogP) is 3.30. The van der Waals surface area contributed by atoms with E-state index in [1.54, 1.807) is 17.4 Å². The summed E-state index contributed by atoms with van der Waals surface area (Å²) in [4.78, 5) is 13.2. The van der Waals surface area contributed by atoms with Crippen molar-refractivity contribution in [3.05, 3.63) is 24.3 Å². The number of piperidine rings is 1. The molecule has 1 atom stereocenters. The van der Waals surface area contributed by atoms with Crippen molar-refractivity contribution in [3.63, 3.8) is 0 Å². The van der Waals surface area contributed by atoms with E-state index >= 15 is 0 Å². The Balaban J connectivity index is 1.75. The second-order valence-electron chi connectivity index (χ2n) is 5.87. The molecule has 0 saturated carbocycles. The maximum absolute atomic E-state index is 12.1. The van der Waals surface area contributed by atoms with E-state index in [4.69, 9.17) is 4.74 Å². The fourth-order valence-electron chi connectivity index (χ4n) is 2.62. The topological polar surface area (TPSA) is 41.6 Å². The Labute approximate surface area is 133 Å². The van der Waals surface area contributed by atoms with Gasteiger partial charge in [0.05, 0.1) is 0 Å². The number of alkyl halides is 3. The summed E-state index contributed by atoms with van der Waals surface area (Å²) in [7, 11) is 0. The molecule has 1 aromatic rings. The minimum Gasteiger partial charge on any atom is -0.492 e. The number of rotatable bonds is 5. The van der Waals surface area contributed by atoms with Crippen LogP contribution in [0.25, 0.3) is 0 Å². The third-order valence-corrected chi connectivity index (χ3v) is 3.79. The molecular weight excluding hydrogens is 309 g/mol. The molecule has 0 spiro atoms. The molecule has 1 aromatic carbocycles. The minimum atomic E-state index is -4.89. The molecule has 1 heterocycles. The van der Waals surface area contributed by atoms with E-state index in [9.17, 15) is 18.0 Å². The van der Waals surface area contributed by atoms with Crippen LogP contribution in [0.4, 0.5) is 18.9 Å². The SMILES string of the molecule is CC1CCCN(CCOc2ccc(NC(=O)C(F)(F)F)cc2)C1. The first-order chi connectivity index (χ1) is 10.8. The number of hydrogen-bond acceptors (Lipinski definition) is 3. The van der Waals surface area contributed by atoms with Crippen LogP contribution in [0, 0.1) is 5.92 Å². The Morgan fingerprint density at radius 1 is 1.35 bits per heavy atom. The summed E-state index contributed by atoms with van der Waals surface area (Å²) in [5.74, 6) is -0.703. The van der Waals surface area contributed by atoms with Gasteiger partial charge in [-0.3, -0.25) is 9.69 Å². The lowest BCUT2D eigenvalue weighted by molar-refractivity contribution is -0.167. The van der Waals surface area contributed by atoms with Crippen molar-refractivity contribution in [1.29, 1.82) is 0 Å².